The number of hydrogen-bond acceptors (Lipinski definition) is 6. The molecule has 3 aliphatic heterocycles. The molecule has 3 heterocycles. The van der Waals surface area contributed by atoms with E-state index in [0.29, 0.717) is 32.7 Å². The number of amides is 1. The van der Waals surface area contributed by atoms with Gasteiger partial charge in [-0.2, -0.15) is 4.31 Å². The number of benzene rings is 1. The first-order valence-electron chi connectivity index (χ1n) is 10.5. The Kier molecular flexibility index (Phi) is 6.20. The summed E-state index contributed by atoms with van der Waals surface area (Å²) in [5.41, 5.74) is 0.262. The van der Waals surface area contributed by atoms with Gasteiger partial charge in [0.25, 0.3) is 5.91 Å². The van der Waals surface area contributed by atoms with Crippen LogP contribution < -0.4 is 0 Å². The Morgan fingerprint density at radius 2 is 1.93 bits per heavy atom. The molecule has 1 aromatic rings. The maximum atomic E-state index is 13.4. The SMILES string of the molecule is O=C(c1cccc(S(=O)(=O)N2CCCC2)c1)N(C[C@H]1CCCO1)[C@H]1CCS(=O)(=O)C1. The van der Waals surface area contributed by atoms with E-state index >= 15 is 0 Å². The molecule has 3 aliphatic rings. The lowest BCUT2D eigenvalue weighted by Crippen LogP contribution is -2.45. The maximum Gasteiger partial charge on any atom is 0.254 e. The van der Waals surface area contributed by atoms with E-state index in [0.717, 1.165) is 25.7 Å². The number of sulfone groups is 1. The van der Waals surface area contributed by atoms with Gasteiger partial charge in [-0.3, -0.25) is 4.79 Å². The molecule has 3 saturated heterocycles. The molecular formula is C20H28N2O6S2. The summed E-state index contributed by atoms with van der Waals surface area (Å²) in [6, 6.07) is 5.69. The minimum Gasteiger partial charge on any atom is -0.376 e. The summed E-state index contributed by atoms with van der Waals surface area (Å²) in [4.78, 5) is 15.1. The third-order valence-electron chi connectivity index (χ3n) is 6.12. The first kappa shape index (κ1) is 21.7. The van der Waals surface area contributed by atoms with Crippen LogP contribution in [-0.2, 0) is 24.6 Å². The summed E-state index contributed by atoms with van der Waals surface area (Å²) >= 11 is 0. The fourth-order valence-corrected chi connectivity index (χ4v) is 7.75. The number of ether oxygens (including phenoxy) is 1. The highest BCUT2D eigenvalue weighted by atomic mass is 32.2. The molecule has 0 unspecified atom stereocenters. The molecule has 166 valence electrons. The van der Waals surface area contributed by atoms with Gasteiger partial charge < -0.3 is 9.64 Å². The molecule has 10 heteroatoms. The van der Waals surface area contributed by atoms with Crippen molar-refractivity contribution in [3.8, 4) is 0 Å². The zero-order valence-corrected chi connectivity index (χ0v) is 18.5. The summed E-state index contributed by atoms with van der Waals surface area (Å²) in [5.74, 6) is -0.334. The van der Waals surface area contributed by atoms with Gasteiger partial charge in [0.15, 0.2) is 9.84 Å². The van der Waals surface area contributed by atoms with Crippen molar-refractivity contribution in [3.63, 3.8) is 0 Å². The van der Waals surface area contributed by atoms with Gasteiger partial charge in [0.05, 0.1) is 22.5 Å². The molecular weight excluding hydrogens is 428 g/mol. The van der Waals surface area contributed by atoms with Crippen LogP contribution in [0.5, 0.6) is 0 Å². The predicted octanol–water partition coefficient (Wildman–Crippen LogP) is 1.28. The highest BCUT2D eigenvalue weighted by Crippen LogP contribution is 2.25. The second-order valence-corrected chi connectivity index (χ2v) is 12.5. The van der Waals surface area contributed by atoms with E-state index in [9.17, 15) is 21.6 Å². The molecule has 8 nitrogen and oxygen atoms in total. The second kappa shape index (κ2) is 8.57. The molecule has 0 spiro atoms. The minimum absolute atomic E-state index is 0.0583. The molecule has 0 aromatic heterocycles. The molecule has 4 rings (SSSR count). The van der Waals surface area contributed by atoms with Gasteiger partial charge in [-0.1, -0.05) is 6.07 Å². The lowest BCUT2D eigenvalue weighted by Gasteiger charge is -2.30. The van der Waals surface area contributed by atoms with Crippen molar-refractivity contribution >= 4 is 25.8 Å². The van der Waals surface area contributed by atoms with Crippen molar-refractivity contribution in [1.82, 2.24) is 9.21 Å². The van der Waals surface area contributed by atoms with Crippen LogP contribution in [0.4, 0.5) is 0 Å². The fourth-order valence-electron chi connectivity index (χ4n) is 4.46. The number of rotatable bonds is 6. The Bertz CT molecular complexity index is 996. The summed E-state index contributed by atoms with van der Waals surface area (Å²) in [5, 5.41) is 0. The van der Waals surface area contributed by atoms with E-state index in [1.54, 1.807) is 17.0 Å². The van der Waals surface area contributed by atoms with Crippen molar-refractivity contribution in [2.75, 3.05) is 37.7 Å². The van der Waals surface area contributed by atoms with E-state index in [1.165, 1.54) is 16.4 Å². The molecule has 2 atom stereocenters. The normalized spacial score (nSPS) is 26.8. The summed E-state index contributed by atoms with van der Waals surface area (Å²) in [6.07, 6.45) is 3.69. The van der Waals surface area contributed by atoms with Crippen LogP contribution in [0.1, 0.15) is 42.5 Å². The lowest BCUT2D eigenvalue weighted by molar-refractivity contribution is 0.0441. The topological polar surface area (TPSA) is 101 Å². The lowest BCUT2D eigenvalue weighted by atomic mass is 10.1. The molecule has 1 amide bonds. The Hall–Kier alpha value is -1.49. The Balaban J connectivity index is 1.60. The highest BCUT2D eigenvalue weighted by molar-refractivity contribution is 7.91. The van der Waals surface area contributed by atoms with E-state index < -0.39 is 25.9 Å². The smallest absolute Gasteiger partial charge is 0.254 e. The number of carbonyl (C=O) groups excluding carboxylic acids is 1. The zero-order chi connectivity index (χ0) is 21.4. The number of nitrogens with zero attached hydrogens (tertiary/aromatic N) is 2. The third-order valence-corrected chi connectivity index (χ3v) is 9.76. The number of sulfonamides is 1. The van der Waals surface area contributed by atoms with Crippen LogP contribution in [0.2, 0.25) is 0 Å². The Morgan fingerprint density at radius 1 is 1.17 bits per heavy atom. The van der Waals surface area contributed by atoms with Gasteiger partial charge >= 0.3 is 0 Å². The van der Waals surface area contributed by atoms with Gasteiger partial charge in [-0.25, -0.2) is 16.8 Å². The fraction of sp³-hybridized carbons (Fsp3) is 0.650. The zero-order valence-electron chi connectivity index (χ0n) is 16.9. The van der Waals surface area contributed by atoms with Crippen molar-refractivity contribution in [3.05, 3.63) is 29.8 Å². The van der Waals surface area contributed by atoms with Crippen LogP contribution in [0.3, 0.4) is 0 Å². The molecule has 30 heavy (non-hydrogen) atoms. The highest BCUT2D eigenvalue weighted by Gasteiger charge is 2.37. The number of hydrogen-bond donors (Lipinski definition) is 0. The number of carbonyl (C=O) groups is 1. The average molecular weight is 457 g/mol. The molecule has 0 saturated carbocycles. The van der Waals surface area contributed by atoms with Gasteiger partial charge in [0.2, 0.25) is 10.0 Å². The van der Waals surface area contributed by atoms with Gasteiger partial charge in [0.1, 0.15) is 0 Å². The van der Waals surface area contributed by atoms with Gasteiger partial charge in [0, 0.05) is 37.8 Å². The molecule has 1 aromatic carbocycles. The molecule has 0 N–H and O–H groups in total. The van der Waals surface area contributed by atoms with Gasteiger partial charge in [-0.15, -0.1) is 0 Å². The Labute approximate surface area is 178 Å². The van der Waals surface area contributed by atoms with Crippen molar-refractivity contribution < 1.29 is 26.4 Å². The molecule has 3 fully saturated rings. The molecule has 0 radical (unpaired) electrons. The van der Waals surface area contributed by atoms with Crippen LogP contribution in [0.25, 0.3) is 0 Å². The third kappa shape index (κ3) is 4.56. The second-order valence-electron chi connectivity index (χ2n) is 8.29. The summed E-state index contributed by atoms with van der Waals surface area (Å²) < 4.78 is 57.0. The molecule has 0 bridgehead atoms. The van der Waals surface area contributed by atoms with Crippen molar-refractivity contribution in [2.45, 2.75) is 49.1 Å². The maximum absolute atomic E-state index is 13.4. The van der Waals surface area contributed by atoms with Crippen LogP contribution in [-0.4, -0.2) is 81.8 Å². The monoisotopic (exact) mass is 456 g/mol. The standard InChI is InChI=1S/C20H28N2O6S2/c23-20(16-5-3-7-19(13-16)30(26,27)21-9-1-2-10-21)22(14-18-6-4-11-28-18)17-8-12-29(24,25)15-17/h3,5,7,13,17-18H,1-2,4,6,8-12,14-15H2/t17-,18+/m0/s1. The van der Waals surface area contributed by atoms with Crippen LogP contribution in [0.15, 0.2) is 29.2 Å². The Morgan fingerprint density at radius 3 is 2.57 bits per heavy atom. The largest absolute Gasteiger partial charge is 0.376 e. The first-order chi connectivity index (χ1) is 14.3. The average Bonchev–Trinajstić information content (AvgIpc) is 3.48. The van der Waals surface area contributed by atoms with Gasteiger partial charge in [-0.05, 0) is 50.3 Å². The predicted molar refractivity (Wildman–Crippen MR) is 112 cm³/mol. The van der Waals surface area contributed by atoms with E-state index in [4.69, 9.17) is 4.74 Å². The quantitative estimate of drug-likeness (QED) is 0.639. The van der Waals surface area contributed by atoms with E-state index in [2.05, 4.69) is 0 Å². The first-order valence-corrected chi connectivity index (χ1v) is 13.8. The van der Waals surface area contributed by atoms with Crippen LogP contribution in [0, 0.1) is 0 Å². The van der Waals surface area contributed by atoms with E-state index in [1.807, 2.05) is 0 Å². The van der Waals surface area contributed by atoms with Crippen molar-refractivity contribution in [2.24, 2.45) is 0 Å². The molecule has 0 aliphatic carbocycles. The van der Waals surface area contributed by atoms with Crippen molar-refractivity contribution in [1.29, 1.82) is 0 Å². The summed E-state index contributed by atoms with van der Waals surface area (Å²) in [6.45, 7) is 1.94. The summed E-state index contributed by atoms with van der Waals surface area (Å²) in [7, 11) is -6.81. The van der Waals surface area contributed by atoms with E-state index in [-0.39, 0.29) is 34.0 Å². The minimum atomic E-state index is -3.64. The van der Waals surface area contributed by atoms with Crippen LogP contribution >= 0.6 is 0 Å².